The summed E-state index contributed by atoms with van der Waals surface area (Å²) in [6.07, 6.45) is 0.227. The Morgan fingerprint density at radius 3 is 2.74 bits per heavy atom. The van der Waals surface area contributed by atoms with Crippen molar-refractivity contribution >= 4 is 27.8 Å². The number of carboxylic acid groups (broad SMARTS) is 1. The Morgan fingerprint density at radius 1 is 1.43 bits per heavy atom. The van der Waals surface area contributed by atoms with Crippen LogP contribution in [0.15, 0.2) is 28.7 Å². The number of nitrogens with one attached hydrogen (secondary N) is 1. The number of rotatable bonds is 6. The van der Waals surface area contributed by atoms with E-state index >= 15 is 0 Å². The highest BCUT2D eigenvalue weighted by molar-refractivity contribution is 9.10. The number of halogens is 1. The SMILES string of the molecule is CC1CC(C(=O)NCC(Oc2ccc(Br)cc2)C(=O)O)CCO1. The molecular weight excluding hydrogens is 366 g/mol. The van der Waals surface area contributed by atoms with Gasteiger partial charge in [-0.1, -0.05) is 15.9 Å². The predicted molar refractivity (Wildman–Crippen MR) is 87.3 cm³/mol. The number of benzene rings is 1. The summed E-state index contributed by atoms with van der Waals surface area (Å²) in [5, 5.41) is 11.9. The molecule has 1 aliphatic rings. The van der Waals surface area contributed by atoms with Crippen molar-refractivity contribution in [1.82, 2.24) is 5.32 Å². The topological polar surface area (TPSA) is 84.9 Å². The van der Waals surface area contributed by atoms with E-state index in [1.165, 1.54) is 0 Å². The van der Waals surface area contributed by atoms with Gasteiger partial charge in [0, 0.05) is 17.0 Å². The monoisotopic (exact) mass is 385 g/mol. The second-order valence-corrected chi connectivity index (χ2v) is 6.46. The van der Waals surface area contributed by atoms with Gasteiger partial charge in [0.05, 0.1) is 12.6 Å². The summed E-state index contributed by atoms with van der Waals surface area (Å²) in [7, 11) is 0. The Morgan fingerprint density at radius 2 is 2.13 bits per heavy atom. The van der Waals surface area contributed by atoms with Crippen molar-refractivity contribution in [2.45, 2.75) is 32.0 Å². The van der Waals surface area contributed by atoms with Crippen LogP contribution in [-0.4, -0.2) is 42.3 Å². The molecule has 3 unspecified atom stereocenters. The first-order valence-electron chi connectivity index (χ1n) is 7.50. The summed E-state index contributed by atoms with van der Waals surface area (Å²) in [4.78, 5) is 23.5. The number of aliphatic carboxylic acids is 1. The summed E-state index contributed by atoms with van der Waals surface area (Å²) in [6, 6.07) is 6.86. The summed E-state index contributed by atoms with van der Waals surface area (Å²) in [5.74, 6) is -0.963. The fourth-order valence-corrected chi connectivity index (χ4v) is 2.69. The summed E-state index contributed by atoms with van der Waals surface area (Å²) in [5.41, 5.74) is 0. The molecule has 7 heteroatoms. The van der Waals surface area contributed by atoms with Crippen LogP contribution < -0.4 is 10.1 Å². The van der Waals surface area contributed by atoms with E-state index in [0.717, 1.165) is 4.47 Å². The molecule has 2 rings (SSSR count). The van der Waals surface area contributed by atoms with Gasteiger partial charge >= 0.3 is 5.97 Å². The molecule has 1 heterocycles. The average molecular weight is 386 g/mol. The van der Waals surface area contributed by atoms with Gasteiger partial charge in [-0.25, -0.2) is 4.79 Å². The van der Waals surface area contributed by atoms with Crippen molar-refractivity contribution in [1.29, 1.82) is 0 Å². The molecule has 126 valence electrons. The van der Waals surface area contributed by atoms with Gasteiger partial charge in [0.1, 0.15) is 5.75 Å². The smallest absolute Gasteiger partial charge is 0.346 e. The number of hydrogen-bond acceptors (Lipinski definition) is 4. The molecule has 6 nitrogen and oxygen atoms in total. The quantitative estimate of drug-likeness (QED) is 0.783. The first kappa shape index (κ1) is 17.7. The maximum atomic E-state index is 12.1. The maximum absolute atomic E-state index is 12.1. The normalized spacial score (nSPS) is 22.2. The zero-order valence-electron chi connectivity index (χ0n) is 12.8. The molecule has 1 amide bonds. The molecule has 0 bridgehead atoms. The lowest BCUT2D eigenvalue weighted by atomic mass is 9.95. The lowest BCUT2D eigenvalue weighted by Gasteiger charge is -2.26. The minimum atomic E-state index is -1.13. The number of amides is 1. The van der Waals surface area contributed by atoms with E-state index in [0.29, 0.717) is 25.2 Å². The molecule has 0 spiro atoms. The molecule has 1 saturated heterocycles. The lowest BCUT2D eigenvalue weighted by molar-refractivity contribution is -0.145. The molecule has 1 aromatic carbocycles. The van der Waals surface area contributed by atoms with Crippen LogP contribution in [0.3, 0.4) is 0 Å². The number of carboxylic acids is 1. The molecule has 3 atom stereocenters. The van der Waals surface area contributed by atoms with Gasteiger partial charge in [-0.2, -0.15) is 0 Å². The van der Waals surface area contributed by atoms with Crippen molar-refractivity contribution in [3.8, 4) is 5.75 Å². The molecule has 23 heavy (non-hydrogen) atoms. The van der Waals surface area contributed by atoms with Gasteiger partial charge in [0.15, 0.2) is 0 Å². The highest BCUT2D eigenvalue weighted by atomic mass is 79.9. The third-order valence-electron chi connectivity index (χ3n) is 3.69. The molecule has 0 saturated carbocycles. The third kappa shape index (κ3) is 5.51. The summed E-state index contributed by atoms with van der Waals surface area (Å²) < 4.78 is 11.7. The van der Waals surface area contributed by atoms with Crippen LogP contribution in [0.2, 0.25) is 0 Å². The number of carbonyl (C=O) groups excluding carboxylic acids is 1. The Hall–Kier alpha value is -1.60. The van der Waals surface area contributed by atoms with Crippen LogP contribution in [0.25, 0.3) is 0 Å². The molecule has 1 aromatic rings. The molecular formula is C16H20BrNO5. The van der Waals surface area contributed by atoms with Crippen LogP contribution in [0.5, 0.6) is 5.75 Å². The van der Waals surface area contributed by atoms with Gasteiger partial charge < -0.3 is 19.9 Å². The minimum Gasteiger partial charge on any atom is -0.478 e. The van der Waals surface area contributed by atoms with E-state index in [-0.39, 0.29) is 24.5 Å². The van der Waals surface area contributed by atoms with Gasteiger partial charge in [0.25, 0.3) is 0 Å². The van der Waals surface area contributed by atoms with Crippen molar-refractivity contribution < 1.29 is 24.2 Å². The van der Waals surface area contributed by atoms with Gasteiger partial charge in [0.2, 0.25) is 12.0 Å². The standard InChI is InChI=1S/C16H20BrNO5/c1-10-8-11(6-7-22-10)15(19)18-9-14(16(20)21)23-13-4-2-12(17)3-5-13/h2-5,10-11,14H,6-9H2,1H3,(H,18,19)(H,20,21). The predicted octanol–water partition coefficient (Wildman–Crippen LogP) is 2.21. The fourth-order valence-electron chi connectivity index (χ4n) is 2.43. The van der Waals surface area contributed by atoms with E-state index in [2.05, 4.69) is 21.2 Å². The van der Waals surface area contributed by atoms with E-state index in [1.807, 2.05) is 6.92 Å². The fraction of sp³-hybridized carbons (Fsp3) is 0.500. The second-order valence-electron chi connectivity index (χ2n) is 5.55. The lowest BCUT2D eigenvalue weighted by Crippen LogP contribution is -2.44. The molecule has 0 aliphatic carbocycles. The van der Waals surface area contributed by atoms with Crippen LogP contribution in [0, 0.1) is 5.92 Å². The first-order chi connectivity index (χ1) is 11.0. The number of carbonyl (C=O) groups is 2. The zero-order valence-corrected chi connectivity index (χ0v) is 14.4. The molecule has 1 aliphatic heterocycles. The molecule has 0 radical (unpaired) electrons. The van der Waals surface area contributed by atoms with Crippen LogP contribution in [-0.2, 0) is 14.3 Å². The third-order valence-corrected chi connectivity index (χ3v) is 4.21. The van der Waals surface area contributed by atoms with Crippen molar-refractivity contribution in [3.05, 3.63) is 28.7 Å². The van der Waals surface area contributed by atoms with Crippen molar-refractivity contribution in [3.63, 3.8) is 0 Å². The van der Waals surface area contributed by atoms with Crippen LogP contribution >= 0.6 is 15.9 Å². The van der Waals surface area contributed by atoms with Gasteiger partial charge in [-0.05, 0) is 44.0 Å². The summed E-state index contributed by atoms with van der Waals surface area (Å²) in [6.45, 7) is 2.41. The Bertz CT molecular complexity index is 548. The first-order valence-corrected chi connectivity index (χ1v) is 8.29. The molecule has 0 aromatic heterocycles. The van der Waals surface area contributed by atoms with Crippen molar-refractivity contribution in [2.24, 2.45) is 5.92 Å². The largest absolute Gasteiger partial charge is 0.478 e. The van der Waals surface area contributed by atoms with Crippen molar-refractivity contribution in [2.75, 3.05) is 13.2 Å². The van der Waals surface area contributed by atoms with Gasteiger partial charge in [-0.15, -0.1) is 0 Å². The highest BCUT2D eigenvalue weighted by Gasteiger charge is 2.27. The number of ether oxygens (including phenoxy) is 2. The maximum Gasteiger partial charge on any atom is 0.346 e. The zero-order chi connectivity index (χ0) is 16.8. The number of hydrogen-bond donors (Lipinski definition) is 2. The van der Waals surface area contributed by atoms with E-state index in [9.17, 15) is 14.7 Å². The van der Waals surface area contributed by atoms with Gasteiger partial charge in [-0.3, -0.25) is 4.79 Å². The average Bonchev–Trinajstić information content (AvgIpc) is 2.52. The van der Waals surface area contributed by atoms with E-state index in [4.69, 9.17) is 9.47 Å². The highest BCUT2D eigenvalue weighted by Crippen LogP contribution is 2.20. The second kappa shape index (κ2) is 8.31. The molecule has 1 fully saturated rings. The minimum absolute atomic E-state index is 0.0498. The van der Waals surface area contributed by atoms with Crippen LogP contribution in [0.4, 0.5) is 0 Å². The Kier molecular flexibility index (Phi) is 6.41. The summed E-state index contributed by atoms with van der Waals surface area (Å²) >= 11 is 3.30. The van der Waals surface area contributed by atoms with E-state index in [1.54, 1.807) is 24.3 Å². The molecule has 2 N–H and O–H groups in total. The Balaban J connectivity index is 1.88. The van der Waals surface area contributed by atoms with E-state index < -0.39 is 12.1 Å². The van der Waals surface area contributed by atoms with Crippen LogP contribution in [0.1, 0.15) is 19.8 Å². The Labute approximate surface area is 143 Å².